The molecule has 0 fully saturated rings. The van der Waals surface area contributed by atoms with Crippen molar-refractivity contribution in [2.24, 2.45) is 5.41 Å². The van der Waals surface area contributed by atoms with Crippen molar-refractivity contribution in [3.8, 4) is 17.2 Å². The summed E-state index contributed by atoms with van der Waals surface area (Å²) in [7, 11) is 4.80. The van der Waals surface area contributed by atoms with Crippen molar-refractivity contribution in [1.29, 1.82) is 0 Å². The second kappa shape index (κ2) is 8.34. The molecule has 1 heterocycles. The largest absolute Gasteiger partial charge is 0.497 e. The van der Waals surface area contributed by atoms with E-state index in [1.165, 1.54) is 0 Å². The molecule has 168 valence electrons. The highest BCUT2D eigenvalue weighted by Crippen LogP contribution is 2.50. The Kier molecular flexibility index (Phi) is 5.71. The third-order valence-electron chi connectivity index (χ3n) is 6.29. The van der Waals surface area contributed by atoms with E-state index in [9.17, 15) is 9.59 Å². The number of rotatable bonds is 5. The Morgan fingerprint density at radius 3 is 2.16 bits per heavy atom. The number of ketones is 1. The standard InChI is InChI=1S/C26H29NO5/c1-26(2)14-21-25(22(28)15-26)20(19-12-18(31-4)10-11-23(19)32-5)13-24(29)27(21)16-6-8-17(30-3)9-7-16/h6-12,20H,13-15H2,1-5H3. The lowest BCUT2D eigenvalue weighted by atomic mass is 9.69. The highest BCUT2D eigenvalue weighted by atomic mass is 16.5. The number of carbonyl (C=O) groups is 2. The molecule has 0 bridgehead atoms. The highest BCUT2D eigenvalue weighted by molar-refractivity contribution is 6.08. The predicted octanol–water partition coefficient (Wildman–Crippen LogP) is 4.88. The number of benzene rings is 2. The van der Waals surface area contributed by atoms with Crippen molar-refractivity contribution in [3.05, 3.63) is 59.3 Å². The Morgan fingerprint density at radius 2 is 1.53 bits per heavy atom. The van der Waals surface area contributed by atoms with Crippen LogP contribution in [0.15, 0.2) is 53.7 Å². The first-order chi connectivity index (χ1) is 15.3. The van der Waals surface area contributed by atoms with E-state index in [0.29, 0.717) is 35.7 Å². The number of nitrogens with zero attached hydrogens (tertiary/aromatic N) is 1. The number of allylic oxidation sites excluding steroid dienone is 2. The summed E-state index contributed by atoms with van der Waals surface area (Å²) in [6.45, 7) is 4.14. The van der Waals surface area contributed by atoms with Gasteiger partial charge in [-0.1, -0.05) is 13.8 Å². The van der Waals surface area contributed by atoms with Gasteiger partial charge in [-0.2, -0.15) is 0 Å². The monoisotopic (exact) mass is 435 g/mol. The maximum Gasteiger partial charge on any atom is 0.232 e. The van der Waals surface area contributed by atoms with Gasteiger partial charge in [0.15, 0.2) is 5.78 Å². The van der Waals surface area contributed by atoms with E-state index in [4.69, 9.17) is 14.2 Å². The zero-order valence-electron chi connectivity index (χ0n) is 19.2. The molecule has 1 aliphatic heterocycles. The molecular formula is C26H29NO5. The van der Waals surface area contributed by atoms with Gasteiger partial charge in [0.2, 0.25) is 5.91 Å². The fourth-order valence-electron chi connectivity index (χ4n) is 4.82. The Labute approximate surface area is 188 Å². The van der Waals surface area contributed by atoms with E-state index in [1.54, 1.807) is 26.2 Å². The van der Waals surface area contributed by atoms with Crippen LogP contribution in [0.1, 0.15) is 44.6 Å². The molecule has 0 radical (unpaired) electrons. The lowest BCUT2D eigenvalue weighted by molar-refractivity contribution is -0.121. The first-order valence-corrected chi connectivity index (χ1v) is 10.7. The van der Waals surface area contributed by atoms with Gasteiger partial charge in [0, 0.05) is 41.3 Å². The van der Waals surface area contributed by atoms with Crippen LogP contribution in [0.3, 0.4) is 0 Å². The minimum atomic E-state index is -0.374. The Hall–Kier alpha value is -3.28. The number of amides is 1. The second-order valence-corrected chi connectivity index (χ2v) is 9.09. The summed E-state index contributed by atoms with van der Waals surface area (Å²) < 4.78 is 16.3. The number of carbonyl (C=O) groups excluding carboxylic acids is 2. The zero-order valence-corrected chi connectivity index (χ0v) is 19.2. The average molecular weight is 436 g/mol. The lowest BCUT2D eigenvalue weighted by Crippen LogP contribution is -2.43. The van der Waals surface area contributed by atoms with Crippen LogP contribution < -0.4 is 19.1 Å². The number of ether oxygens (including phenoxy) is 3. The third kappa shape index (κ3) is 3.85. The molecule has 1 unspecified atom stereocenters. The van der Waals surface area contributed by atoms with Gasteiger partial charge in [0.25, 0.3) is 0 Å². The smallest absolute Gasteiger partial charge is 0.232 e. The van der Waals surface area contributed by atoms with E-state index in [-0.39, 0.29) is 29.4 Å². The molecule has 32 heavy (non-hydrogen) atoms. The van der Waals surface area contributed by atoms with Crippen molar-refractivity contribution >= 4 is 17.4 Å². The van der Waals surface area contributed by atoms with Crippen molar-refractivity contribution in [2.45, 2.75) is 39.0 Å². The van der Waals surface area contributed by atoms with Crippen LogP contribution in [0.5, 0.6) is 17.2 Å². The van der Waals surface area contributed by atoms with Crippen LogP contribution in [-0.4, -0.2) is 33.0 Å². The minimum absolute atomic E-state index is 0.0470. The molecule has 2 aromatic carbocycles. The van der Waals surface area contributed by atoms with Gasteiger partial charge in [-0.3, -0.25) is 14.5 Å². The number of Topliss-reactive ketones (excluding diaryl/α,β-unsaturated/α-hetero) is 1. The maximum atomic E-state index is 13.5. The molecule has 0 spiro atoms. The molecular weight excluding hydrogens is 406 g/mol. The summed E-state index contributed by atoms with van der Waals surface area (Å²) in [5, 5.41) is 0. The summed E-state index contributed by atoms with van der Waals surface area (Å²) in [4.78, 5) is 28.7. The number of hydrogen-bond acceptors (Lipinski definition) is 5. The molecule has 2 aromatic rings. The van der Waals surface area contributed by atoms with Gasteiger partial charge < -0.3 is 14.2 Å². The van der Waals surface area contributed by atoms with Gasteiger partial charge in [-0.15, -0.1) is 0 Å². The molecule has 4 rings (SSSR count). The topological polar surface area (TPSA) is 65.1 Å². The Balaban J connectivity index is 1.90. The maximum absolute atomic E-state index is 13.5. The summed E-state index contributed by atoms with van der Waals surface area (Å²) in [5.41, 5.74) is 2.79. The van der Waals surface area contributed by atoms with Crippen molar-refractivity contribution in [3.63, 3.8) is 0 Å². The van der Waals surface area contributed by atoms with Gasteiger partial charge in [0.05, 0.1) is 21.3 Å². The molecule has 6 nitrogen and oxygen atoms in total. The van der Waals surface area contributed by atoms with Crippen LogP contribution >= 0.6 is 0 Å². The van der Waals surface area contributed by atoms with Gasteiger partial charge >= 0.3 is 0 Å². The Morgan fingerprint density at radius 1 is 0.875 bits per heavy atom. The van der Waals surface area contributed by atoms with Gasteiger partial charge in [0.1, 0.15) is 17.2 Å². The quantitative estimate of drug-likeness (QED) is 0.670. The molecule has 6 heteroatoms. The van der Waals surface area contributed by atoms with E-state index in [0.717, 1.165) is 16.9 Å². The van der Waals surface area contributed by atoms with Gasteiger partial charge in [-0.25, -0.2) is 0 Å². The molecule has 0 saturated heterocycles. The normalized spacial score (nSPS) is 20.2. The lowest BCUT2D eigenvalue weighted by Gasteiger charge is -2.43. The van der Waals surface area contributed by atoms with Crippen LogP contribution in [0.2, 0.25) is 0 Å². The SMILES string of the molecule is COc1ccc(N2C(=O)CC(c3cc(OC)ccc3OC)C3=C2CC(C)(C)CC3=O)cc1. The van der Waals surface area contributed by atoms with E-state index < -0.39 is 0 Å². The third-order valence-corrected chi connectivity index (χ3v) is 6.29. The first kappa shape index (κ1) is 21.9. The van der Waals surface area contributed by atoms with Crippen LogP contribution in [0, 0.1) is 5.41 Å². The number of methoxy groups -OCH3 is 3. The van der Waals surface area contributed by atoms with Gasteiger partial charge in [-0.05, 0) is 54.3 Å². The molecule has 0 N–H and O–H groups in total. The van der Waals surface area contributed by atoms with E-state index >= 15 is 0 Å². The first-order valence-electron chi connectivity index (χ1n) is 10.7. The molecule has 1 amide bonds. The minimum Gasteiger partial charge on any atom is -0.497 e. The predicted molar refractivity (Wildman–Crippen MR) is 122 cm³/mol. The summed E-state index contributed by atoms with van der Waals surface area (Å²) in [5.74, 6) is 1.68. The van der Waals surface area contributed by atoms with Crippen molar-refractivity contribution < 1.29 is 23.8 Å². The Bertz CT molecular complexity index is 1080. The van der Waals surface area contributed by atoms with Crippen molar-refractivity contribution in [2.75, 3.05) is 26.2 Å². The number of hydrogen-bond donors (Lipinski definition) is 0. The number of anilines is 1. The molecule has 1 atom stereocenters. The zero-order chi connectivity index (χ0) is 23.0. The summed E-state index contributed by atoms with van der Waals surface area (Å²) in [6.07, 6.45) is 1.26. The summed E-state index contributed by atoms with van der Waals surface area (Å²) in [6, 6.07) is 12.9. The molecule has 1 aliphatic carbocycles. The highest BCUT2D eigenvalue weighted by Gasteiger charge is 2.45. The fraction of sp³-hybridized carbons (Fsp3) is 0.385. The second-order valence-electron chi connectivity index (χ2n) is 9.09. The van der Waals surface area contributed by atoms with E-state index in [2.05, 4.69) is 13.8 Å². The molecule has 2 aliphatic rings. The average Bonchev–Trinajstić information content (AvgIpc) is 2.77. The molecule has 0 saturated carbocycles. The summed E-state index contributed by atoms with van der Waals surface area (Å²) >= 11 is 0. The van der Waals surface area contributed by atoms with Crippen molar-refractivity contribution in [1.82, 2.24) is 0 Å². The van der Waals surface area contributed by atoms with Crippen LogP contribution in [0.25, 0.3) is 0 Å². The fourth-order valence-corrected chi connectivity index (χ4v) is 4.82. The van der Waals surface area contributed by atoms with Crippen LogP contribution in [-0.2, 0) is 9.59 Å². The van der Waals surface area contributed by atoms with Crippen LogP contribution in [0.4, 0.5) is 5.69 Å². The van der Waals surface area contributed by atoms with E-state index in [1.807, 2.05) is 42.5 Å². The molecule has 0 aromatic heterocycles.